The molecule has 0 spiro atoms. The Morgan fingerprint density at radius 3 is 2.12 bits per heavy atom. The lowest BCUT2D eigenvalue weighted by Crippen LogP contribution is -2.09. The van der Waals surface area contributed by atoms with E-state index in [1.165, 1.54) is 12.8 Å². The number of nitriles is 1. The number of hydrogen-bond acceptors (Lipinski definition) is 1. The van der Waals surface area contributed by atoms with Crippen LogP contribution in [0.5, 0.6) is 0 Å². The quantitative estimate of drug-likeness (QED) is 0.516. The summed E-state index contributed by atoms with van der Waals surface area (Å²) in [5.74, 6) is 0. The van der Waals surface area contributed by atoms with E-state index in [1.54, 1.807) is 0 Å². The maximum atomic E-state index is 8.53. The zero-order chi connectivity index (χ0) is 6.04. The van der Waals surface area contributed by atoms with E-state index >= 15 is 0 Å². The molecule has 1 aliphatic carbocycles. The van der Waals surface area contributed by atoms with Crippen LogP contribution in [0.25, 0.3) is 0 Å². The van der Waals surface area contributed by atoms with Crippen molar-refractivity contribution in [2.45, 2.75) is 30.0 Å². The van der Waals surface area contributed by atoms with Crippen LogP contribution in [0, 0.1) is 11.3 Å². The summed E-state index contributed by atoms with van der Waals surface area (Å²) in [7, 11) is 0. The standard InChI is InChI=1S/C6H8BrN/c7-6(5-8)3-1-2-4-6/h1-4H2. The molecule has 0 atom stereocenters. The Balaban J connectivity index is 2.56. The molecule has 0 aromatic heterocycles. The van der Waals surface area contributed by atoms with Gasteiger partial charge >= 0.3 is 0 Å². The van der Waals surface area contributed by atoms with Crippen molar-refractivity contribution in [1.29, 1.82) is 5.26 Å². The van der Waals surface area contributed by atoms with Gasteiger partial charge in [0.2, 0.25) is 0 Å². The van der Waals surface area contributed by atoms with E-state index in [2.05, 4.69) is 22.0 Å². The third-order valence-corrected chi connectivity index (χ3v) is 2.57. The first kappa shape index (κ1) is 6.10. The Hall–Kier alpha value is -0.0300. The second kappa shape index (κ2) is 2.06. The van der Waals surface area contributed by atoms with Crippen LogP contribution in [0.3, 0.4) is 0 Å². The highest BCUT2D eigenvalue weighted by Gasteiger charge is 2.29. The Bertz CT molecular complexity index is 119. The van der Waals surface area contributed by atoms with Crippen LogP contribution >= 0.6 is 15.9 Å². The van der Waals surface area contributed by atoms with E-state index in [9.17, 15) is 0 Å². The lowest BCUT2D eigenvalue weighted by Gasteiger charge is -2.06. The summed E-state index contributed by atoms with van der Waals surface area (Å²) in [5.41, 5.74) is 0. The largest absolute Gasteiger partial charge is 0.197 e. The van der Waals surface area contributed by atoms with Gasteiger partial charge < -0.3 is 0 Å². The number of nitrogens with zero attached hydrogens (tertiary/aromatic N) is 1. The van der Waals surface area contributed by atoms with Gasteiger partial charge in [-0.25, -0.2) is 0 Å². The molecule has 0 saturated heterocycles. The maximum absolute atomic E-state index is 8.53. The van der Waals surface area contributed by atoms with Gasteiger partial charge in [-0.1, -0.05) is 28.8 Å². The molecular weight excluding hydrogens is 166 g/mol. The van der Waals surface area contributed by atoms with Crippen molar-refractivity contribution in [3.8, 4) is 6.07 Å². The molecule has 0 N–H and O–H groups in total. The van der Waals surface area contributed by atoms with Gasteiger partial charge in [0.15, 0.2) is 0 Å². The average molecular weight is 174 g/mol. The van der Waals surface area contributed by atoms with Gasteiger partial charge in [0.1, 0.15) is 4.32 Å². The first-order valence-corrected chi connectivity index (χ1v) is 3.66. The third-order valence-electron chi connectivity index (χ3n) is 1.60. The molecule has 0 unspecified atom stereocenters. The lowest BCUT2D eigenvalue weighted by atomic mass is 10.1. The third kappa shape index (κ3) is 1.03. The molecular formula is C6H8BrN. The molecule has 1 fully saturated rings. The van der Waals surface area contributed by atoms with Gasteiger partial charge in [0.25, 0.3) is 0 Å². The van der Waals surface area contributed by atoms with Gasteiger partial charge in [-0.05, 0) is 12.8 Å². The number of halogens is 1. The minimum Gasteiger partial charge on any atom is -0.197 e. The van der Waals surface area contributed by atoms with E-state index < -0.39 is 0 Å². The smallest absolute Gasteiger partial charge is 0.112 e. The van der Waals surface area contributed by atoms with Crippen LogP contribution < -0.4 is 0 Å². The normalized spacial score (nSPS) is 25.0. The average Bonchev–Trinajstić information content (AvgIpc) is 2.17. The fraction of sp³-hybridized carbons (Fsp3) is 0.833. The highest BCUT2D eigenvalue weighted by atomic mass is 79.9. The zero-order valence-electron chi connectivity index (χ0n) is 4.65. The fourth-order valence-corrected chi connectivity index (χ4v) is 1.61. The maximum Gasteiger partial charge on any atom is 0.112 e. The van der Waals surface area contributed by atoms with Crippen LogP contribution in [0.1, 0.15) is 25.7 Å². The fourth-order valence-electron chi connectivity index (χ4n) is 1.05. The second-order valence-corrected chi connectivity index (χ2v) is 3.80. The summed E-state index contributed by atoms with van der Waals surface area (Å²) in [6.45, 7) is 0. The van der Waals surface area contributed by atoms with E-state index in [4.69, 9.17) is 5.26 Å². The van der Waals surface area contributed by atoms with Crippen molar-refractivity contribution in [3.05, 3.63) is 0 Å². The Morgan fingerprint density at radius 1 is 1.38 bits per heavy atom. The van der Waals surface area contributed by atoms with Crippen molar-refractivity contribution in [3.63, 3.8) is 0 Å². The molecule has 0 radical (unpaired) electrons. The van der Waals surface area contributed by atoms with E-state index in [1.807, 2.05) is 0 Å². The molecule has 1 saturated carbocycles. The van der Waals surface area contributed by atoms with Gasteiger partial charge in [0, 0.05) is 0 Å². The molecule has 0 aliphatic heterocycles. The lowest BCUT2D eigenvalue weighted by molar-refractivity contribution is 0.777. The summed E-state index contributed by atoms with van der Waals surface area (Å²) in [4.78, 5) is 0. The summed E-state index contributed by atoms with van der Waals surface area (Å²) in [5, 5.41) is 8.53. The topological polar surface area (TPSA) is 23.8 Å². The molecule has 0 heterocycles. The minimum absolute atomic E-state index is 0.146. The van der Waals surface area contributed by atoms with Crippen LogP contribution in [0.4, 0.5) is 0 Å². The molecule has 1 rings (SSSR count). The Labute approximate surface area is 57.8 Å². The van der Waals surface area contributed by atoms with Gasteiger partial charge in [0.05, 0.1) is 6.07 Å². The van der Waals surface area contributed by atoms with Crippen LogP contribution in [-0.2, 0) is 0 Å². The monoisotopic (exact) mass is 173 g/mol. The number of rotatable bonds is 0. The minimum atomic E-state index is -0.146. The highest BCUT2D eigenvalue weighted by molar-refractivity contribution is 9.10. The van der Waals surface area contributed by atoms with Gasteiger partial charge in [-0.2, -0.15) is 5.26 Å². The van der Waals surface area contributed by atoms with Crippen LogP contribution in [-0.4, -0.2) is 4.32 Å². The predicted octanol–water partition coefficient (Wildman–Crippen LogP) is 2.22. The van der Waals surface area contributed by atoms with E-state index in [-0.39, 0.29) is 4.32 Å². The SMILES string of the molecule is N#CC1(Br)CCCC1. The first-order chi connectivity index (χ1) is 3.77. The molecule has 0 bridgehead atoms. The Kier molecular flexibility index (Phi) is 1.57. The van der Waals surface area contributed by atoms with Crippen LogP contribution in [0.2, 0.25) is 0 Å². The molecule has 44 valence electrons. The summed E-state index contributed by atoms with van der Waals surface area (Å²) in [6, 6.07) is 2.26. The zero-order valence-corrected chi connectivity index (χ0v) is 6.24. The highest BCUT2D eigenvalue weighted by Crippen LogP contribution is 2.36. The van der Waals surface area contributed by atoms with Crippen molar-refractivity contribution in [1.82, 2.24) is 0 Å². The molecule has 0 amide bonds. The molecule has 8 heavy (non-hydrogen) atoms. The molecule has 0 aromatic carbocycles. The van der Waals surface area contributed by atoms with Crippen molar-refractivity contribution >= 4 is 15.9 Å². The van der Waals surface area contributed by atoms with Crippen molar-refractivity contribution in [2.24, 2.45) is 0 Å². The molecule has 0 aromatic rings. The number of hydrogen-bond donors (Lipinski definition) is 0. The second-order valence-electron chi connectivity index (χ2n) is 2.28. The summed E-state index contributed by atoms with van der Waals surface area (Å²) >= 11 is 3.38. The van der Waals surface area contributed by atoms with Gasteiger partial charge in [-0.15, -0.1) is 0 Å². The molecule has 2 heteroatoms. The Morgan fingerprint density at radius 2 is 1.88 bits per heavy atom. The predicted molar refractivity (Wildman–Crippen MR) is 35.7 cm³/mol. The van der Waals surface area contributed by atoms with E-state index in [0.29, 0.717) is 0 Å². The molecule has 1 nitrogen and oxygen atoms in total. The molecule has 1 aliphatic rings. The summed E-state index contributed by atoms with van der Waals surface area (Å²) < 4.78 is -0.146. The van der Waals surface area contributed by atoms with Crippen molar-refractivity contribution in [2.75, 3.05) is 0 Å². The van der Waals surface area contributed by atoms with Gasteiger partial charge in [-0.3, -0.25) is 0 Å². The summed E-state index contributed by atoms with van der Waals surface area (Å²) in [6.07, 6.45) is 4.48. The first-order valence-electron chi connectivity index (χ1n) is 2.87. The van der Waals surface area contributed by atoms with Crippen molar-refractivity contribution < 1.29 is 0 Å². The van der Waals surface area contributed by atoms with Crippen LogP contribution in [0.15, 0.2) is 0 Å². The van der Waals surface area contributed by atoms with E-state index in [0.717, 1.165) is 12.8 Å². The number of alkyl halides is 1.